The fourth-order valence-corrected chi connectivity index (χ4v) is 13.9. The molecule has 6 heteroatoms. The molecule has 1 N–H and O–H groups in total. The molecule has 2 aromatic heterocycles. The summed E-state index contributed by atoms with van der Waals surface area (Å²) >= 11 is 1.94. The average Bonchev–Trinajstić information content (AvgIpc) is 3.52. The number of aliphatic hydroxyl groups is 1. The minimum Gasteiger partial charge on any atom is -0.512 e. The van der Waals surface area contributed by atoms with Crippen LogP contribution in [0.1, 0.15) is 85.3 Å². The number of benzene rings is 4. The Bertz CT molecular complexity index is 2140. The summed E-state index contributed by atoms with van der Waals surface area (Å²) in [5.74, 6) is 0.547. The van der Waals surface area contributed by atoms with Crippen molar-refractivity contribution in [2.45, 2.75) is 93.0 Å². The third-order valence-corrected chi connectivity index (χ3v) is 17.8. The van der Waals surface area contributed by atoms with E-state index < -0.39 is 8.07 Å². The molecule has 2 heterocycles. The van der Waals surface area contributed by atoms with E-state index in [4.69, 9.17) is 4.98 Å². The summed E-state index contributed by atoms with van der Waals surface area (Å²) in [5, 5.41) is 16.3. The second-order valence-corrected chi connectivity index (χ2v) is 20.6. The summed E-state index contributed by atoms with van der Waals surface area (Å²) in [6.45, 7) is 19.7. The number of fused-ring (bicyclic) bond motifs is 2. The van der Waals surface area contributed by atoms with Crippen LogP contribution in [0.25, 0.3) is 32.1 Å². The van der Waals surface area contributed by atoms with E-state index in [1.54, 1.807) is 0 Å². The molecular weight excluding hydrogens is 875 g/mol. The summed E-state index contributed by atoms with van der Waals surface area (Å²) in [5.41, 5.74) is 4.85. The predicted octanol–water partition coefficient (Wildman–Crippen LogP) is 11.5. The van der Waals surface area contributed by atoms with Gasteiger partial charge in [-0.25, -0.2) is 0 Å². The Labute approximate surface area is 342 Å². The first-order valence-electron chi connectivity index (χ1n) is 19.3. The van der Waals surface area contributed by atoms with Crippen LogP contribution in [0.15, 0.2) is 115 Å². The number of ketones is 1. The molecule has 285 valence electrons. The van der Waals surface area contributed by atoms with Crippen LogP contribution in [0.3, 0.4) is 0 Å². The van der Waals surface area contributed by atoms with E-state index in [0.717, 1.165) is 42.3 Å². The van der Waals surface area contributed by atoms with Crippen LogP contribution >= 0.6 is 11.3 Å². The fraction of sp³-hybridized carbons (Fsp3) is 0.333. The third-order valence-electron chi connectivity index (χ3n) is 10.9. The van der Waals surface area contributed by atoms with Crippen molar-refractivity contribution in [2.24, 2.45) is 11.8 Å². The molecule has 0 bridgehead atoms. The number of hydrogen-bond donors (Lipinski definition) is 1. The molecule has 0 atom stereocenters. The maximum Gasteiger partial charge on any atom is 0.162 e. The average molecular weight is 931 g/mol. The van der Waals surface area contributed by atoms with Crippen molar-refractivity contribution in [1.29, 1.82) is 0 Å². The number of thiophene rings is 1. The van der Waals surface area contributed by atoms with E-state index in [1.807, 2.05) is 45.2 Å². The Hall–Kier alpha value is -3.67. The summed E-state index contributed by atoms with van der Waals surface area (Å²) in [4.78, 5) is 16.7. The van der Waals surface area contributed by atoms with Gasteiger partial charge in [-0.2, -0.15) is 0 Å². The van der Waals surface area contributed by atoms with Gasteiger partial charge in [-0.15, -0.1) is 40.5 Å². The maximum atomic E-state index is 11.7. The normalized spacial score (nSPS) is 12.2. The number of nitrogens with zero attached hydrogens (tertiary/aromatic N) is 1. The Morgan fingerprint density at radius 2 is 1.35 bits per heavy atom. The second kappa shape index (κ2) is 18.8. The Kier molecular flexibility index (Phi) is 15.0. The summed E-state index contributed by atoms with van der Waals surface area (Å²) in [6.07, 6.45) is 6.88. The topological polar surface area (TPSA) is 50.2 Å². The van der Waals surface area contributed by atoms with Crippen molar-refractivity contribution < 1.29 is 30.0 Å². The number of carbonyl (C=O) groups excluding carboxylic acids is 1. The first-order valence-corrected chi connectivity index (χ1v) is 22.6. The zero-order valence-corrected chi connectivity index (χ0v) is 37.6. The van der Waals surface area contributed by atoms with E-state index in [1.165, 1.54) is 47.5 Å². The number of allylic oxidation sites excluding steroid dienone is 2. The molecule has 54 heavy (non-hydrogen) atoms. The minimum absolute atomic E-state index is 0. The van der Waals surface area contributed by atoms with Crippen LogP contribution in [0.2, 0.25) is 6.55 Å². The van der Waals surface area contributed by atoms with Gasteiger partial charge in [-0.3, -0.25) is 9.78 Å². The quantitative estimate of drug-likeness (QED) is 0.0609. The Balaban J connectivity index is 0.000000347. The predicted molar refractivity (Wildman–Crippen MR) is 232 cm³/mol. The fourth-order valence-electron chi connectivity index (χ4n) is 7.55. The zero-order valence-electron chi connectivity index (χ0n) is 33.4. The molecule has 0 amide bonds. The van der Waals surface area contributed by atoms with Gasteiger partial charge in [0.2, 0.25) is 0 Å². The first kappa shape index (κ1) is 43.1. The number of aromatic nitrogens is 1. The van der Waals surface area contributed by atoms with Crippen LogP contribution in [-0.2, 0) is 30.3 Å². The number of carbonyl (C=O) groups is 1. The zero-order chi connectivity index (χ0) is 38.3. The van der Waals surface area contributed by atoms with Gasteiger partial charge in [0.25, 0.3) is 0 Å². The molecule has 0 saturated carbocycles. The molecule has 1 radical (unpaired) electrons. The number of hydrogen-bond acceptors (Lipinski definition) is 4. The van der Waals surface area contributed by atoms with Gasteiger partial charge in [0.1, 0.15) is 0 Å². The molecular formula is C48H56IrNO2SSi-. The minimum atomic E-state index is -2.23. The monoisotopic (exact) mass is 931 g/mol. The van der Waals surface area contributed by atoms with E-state index >= 15 is 0 Å². The van der Waals surface area contributed by atoms with E-state index in [9.17, 15) is 9.90 Å². The molecule has 0 aliphatic carbocycles. The van der Waals surface area contributed by atoms with Crippen molar-refractivity contribution >= 4 is 60.9 Å². The van der Waals surface area contributed by atoms with Crippen LogP contribution in [0, 0.1) is 24.8 Å². The molecule has 0 aliphatic rings. The van der Waals surface area contributed by atoms with Crippen molar-refractivity contribution in [3.8, 4) is 11.3 Å². The van der Waals surface area contributed by atoms with Gasteiger partial charge in [-0.05, 0) is 65.4 Å². The second-order valence-electron chi connectivity index (χ2n) is 15.3. The van der Waals surface area contributed by atoms with E-state index in [0.29, 0.717) is 0 Å². The molecule has 6 aromatic rings. The SMILES string of the molecule is CCC(CC)C(=O)/C=C(\O)C(CC)CC.Cc1c([Si](C)(c2ccccc2)c2ccccc2)sc2c(-c3[c-]c4ccccc4c(C(C)(C)C)c3)nccc12.[Ir]. The number of aliphatic hydroxyl groups excluding tert-OH is 1. The molecule has 6 rings (SSSR count). The summed E-state index contributed by atoms with van der Waals surface area (Å²) in [7, 11) is -2.23. The number of aryl methyl sites for hydroxylation is 1. The van der Waals surface area contributed by atoms with Gasteiger partial charge in [0.05, 0.1) is 5.76 Å². The van der Waals surface area contributed by atoms with E-state index in [2.05, 4.69) is 137 Å². The van der Waals surface area contributed by atoms with Crippen molar-refractivity contribution in [3.63, 3.8) is 0 Å². The van der Waals surface area contributed by atoms with Gasteiger partial charge < -0.3 is 5.11 Å². The van der Waals surface area contributed by atoms with Crippen LogP contribution in [0.4, 0.5) is 0 Å². The molecule has 3 nitrogen and oxygen atoms in total. The summed E-state index contributed by atoms with van der Waals surface area (Å²) < 4.78 is 2.76. The number of pyridine rings is 1. The van der Waals surface area contributed by atoms with Crippen molar-refractivity contribution in [3.05, 3.63) is 132 Å². The Morgan fingerprint density at radius 3 is 1.89 bits per heavy atom. The smallest absolute Gasteiger partial charge is 0.162 e. The molecule has 0 fully saturated rings. The van der Waals surface area contributed by atoms with Gasteiger partial charge in [0.15, 0.2) is 13.9 Å². The van der Waals surface area contributed by atoms with Gasteiger partial charge in [-0.1, -0.05) is 145 Å². The van der Waals surface area contributed by atoms with Gasteiger partial charge in [0, 0.05) is 59.1 Å². The molecule has 0 unspecified atom stereocenters. The Morgan fingerprint density at radius 1 is 0.815 bits per heavy atom. The van der Waals surface area contributed by atoms with Crippen molar-refractivity contribution in [2.75, 3.05) is 0 Å². The van der Waals surface area contributed by atoms with E-state index in [-0.39, 0.29) is 48.9 Å². The molecule has 0 spiro atoms. The molecule has 0 saturated heterocycles. The van der Waals surface area contributed by atoms with Crippen LogP contribution < -0.4 is 14.9 Å². The first-order chi connectivity index (χ1) is 25.4. The maximum absolute atomic E-state index is 11.7. The van der Waals surface area contributed by atoms with Crippen LogP contribution in [0.5, 0.6) is 0 Å². The van der Waals surface area contributed by atoms with Crippen LogP contribution in [-0.4, -0.2) is 23.9 Å². The number of rotatable bonds is 11. The largest absolute Gasteiger partial charge is 0.512 e. The standard InChI is InChI=1S/C35H32NSSi.C13H24O2.Ir/c1-24-29-20-21-36-32(26-22-25-14-12-13-19-30(25)31(23-26)35(2,3)4)33(29)37-34(24)38(5,27-15-8-6-9-16-27)28-17-10-7-11-18-28;1-5-10(6-2)12(14)9-13(15)11(7-3)8-4;/h6-21,23H,1-5H3;9-11,14H,5-8H2,1-4H3;/q-1;;/b;12-9-;. The van der Waals surface area contributed by atoms with Crippen molar-refractivity contribution in [1.82, 2.24) is 4.98 Å². The summed E-state index contributed by atoms with van der Waals surface area (Å²) in [6, 6.07) is 39.1. The molecule has 4 aromatic carbocycles. The third kappa shape index (κ3) is 9.06. The van der Waals surface area contributed by atoms with Gasteiger partial charge >= 0.3 is 0 Å². The molecule has 0 aliphatic heterocycles.